The maximum Gasteiger partial charge on any atom is 0.414 e. The van der Waals surface area contributed by atoms with Crippen LogP contribution in [0, 0.1) is 0 Å². The Morgan fingerprint density at radius 1 is 1.54 bits per heavy atom. The maximum atomic E-state index is 10.9. The van der Waals surface area contributed by atoms with Crippen molar-refractivity contribution < 1.29 is 14.3 Å². The minimum atomic E-state index is -0.430. The van der Waals surface area contributed by atoms with E-state index in [-0.39, 0.29) is 0 Å². The number of ether oxygens (including phenoxy) is 2. The van der Waals surface area contributed by atoms with Gasteiger partial charge in [0.2, 0.25) is 0 Å². The molecule has 0 radical (unpaired) electrons. The van der Waals surface area contributed by atoms with Gasteiger partial charge in [0, 0.05) is 20.2 Å². The fourth-order valence-corrected chi connectivity index (χ4v) is 0.507. The molecule has 0 unspecified atom stereocenters. The summed E-state index contributed by atoms with van der Waals surface area (Å²) in [6, 6.07) is 0. The minimum Gasteiger partial charge on any atom is -0.494 e. The number of carbonyl (C=O) groups excluding carboxylic acids is 1. The van der Waals surface area contributed by atoms with Crippen LogP contribution in [-0.2, 0) is 9.47 Å². The molecule has 0 saturated carbocycles. The summed E-state index contributed by atoms with van der Waals surface area (Å²) in [6.45, 7) is 5.97. The first-order valence-electron chi connectivity index (χ1n) is 3.94. The zero-order chi connectivity index (χ0) is 10.3. The molecule has 0 N–H and O–H groups in total. The highest BCUT2D eigenvalue weighted by Crippen LogP contribution is 1.96. The number of carbonyl (C=O) groups is 1. The van der Waals surface area contributed by atoms with E-state index in [0.717, 1.165) is 0 Å². The van der Waals surface area contributed by atoms with Crippen LogP contribution < -0.4 is 0 Å². The summed E-state index contributed by atoms with van der Waals surface area (Å²) in [7, 11) is 3.21. The van der Waals surface area contributed by atoms with E-state index in [4.69, 9.17) is 4.74 Å². The van der Waals surface area contributed by atoms with Crippen LogP contribution >= 0.6 is 0 Å². The van der Waals surface area contributed by atoms with Crippen LogP contribution in [0.1, 0.15) is 6.92 Å². The number of hydrogen-bond donors (Lipinski definition) is 0. The topological polar surface area (TPSA) is 38.8 Å². The predicted molar refractivity (Wildman–Crippen MR) is 50.1 cm³/mol. The van der Waals surface area contributed by atoms with Crippen molar-refractivity contribution >= 4 is 6.09 Å². The normalized spacial score (nSPS) is 9.77. The molecule has 4 nitrogen and oxygen atoms in total. The van der Waals surface area contributed by atoms with E-state index in [2.05, 4.69) is 11.3 Å². The summed E-state index contributed by atoms with van der Waals surface area (Å²) in [5, 5.41) is 0. The highest BCUT2D eigenvalue weighted by Gasteiger charge is 2.00. The molecule has 13 heavy (non-hydrogen) atoms. The number of rotatable bonds is 4. The highest BCUT2D eigenvalue weighted by atomic mass is 16.5. The van der Waals surface area contributed by atoms with Crippen LogP contribution in [0.15, 0.2) is 24.7 Å². The molecule has 0 heterocycles. The van der Waals surface area contributed by atoms with Crippen molar-refractivity contribution in [2.75, 3.05) is 20.7 Å². The Balaban J connectivity index is 3.75. The Morgan fingerprint density at radius 2 is 2.15 bits per heavy atom. The van der Waals surface area contributed by atoms with E-state index in [1.165, 1.54) is 17.2 Å². The molecule has 0 fully saturated rings. The van der Waals surface area contributed by atoms with Crippen LogP contribution in [0.2, 0.25) is 0 Å². The van der Waals surface area contributed by atoms with E-state index >= 15 is 0 Å². The van der Waals surface area contributed by atoms with Crippen LogP contribution in [0.25, 0.3) is 0 Å². The van der Waals surface area contributed by atoms with Crippen LogP contribution in [-0.4, -0.2) is 31.7 Å². The molecule has 0 aliphatic rings. The van der Waals surface area contributed by atoms with Gasteiger partial charge in [-0.15, -0.1) is 0 Å². The van der Waals surface area contributed by atoms with Crippen LogP contribution in [0.3, 0.4) is 0 Å². The van der Waals surface area contributed by atoms with Gasteiger partial charge in [0.05, 0.1) is 6.61 Å². The van der Waals surface area contributed by atoms with Crippen molar-refractivity contribution in [3.05, 3.63) is 24.7 Å². The molecular weight excluding hydrogens is 170 g/mol. The lowest BCUT2D eigenvalue weighted by Gasteiger charge is -2.07. The summed E-state index contributed by atoms with van der Waals surface area (Å²) in [5.41, 5.74) is 0. The van der Waals surface area contributed by atoms with E-state index in [1.807, 2.05) is 6.92 Å². The van der Waals surface area contributed by atoms with Gasteiger partial charge in [-0.1, -0.05) is 6.58 Å². The van der Waals surface area contributed by atoms with Gasteiger partial charge in [-0.05, 0) is 6.92 Å². The lowest BCUT2D eigenvalue weighted by molar-refractivity contribution is 0.155. The summed E-state index contributed by atoms with van der Waals surface area (Å²) >= 11 is 0. The first-order chi connectivity index (χ1) is 6.07. The van der Waals surface area contributed by atoms with Crippen molar-refractivity contribution in [3.8, 4) is 0 Å². The average Bonchev–Trinajstić information content (AvgIpc) is 2.04. The van der Waals surface area contributed by atoms with Gasteiger partial charge < -0.3 is 14.4 Å². The number of allylic oxidation sites excluding steroid dienone is 1. The van der Waals surface area contributed by atoms with Gasteiger partial charge in [0.15, 0.2) is 0 Å². The maximum absolute atomic E-state index is 10.9. The van der Waals surface area contributed by atoms with Gasteiger partial charge in [-0.25, -0.2) is 4.79 Å². The summed E-state index contributed by atoms with van der Waals surface area (Å²) in [6.07, 6.45) is 2.31. The Bertz CT molecular complexity index is 209. The average molecular weight is 185 g/mol. The standard InChI is InChI=1S/C9H15NO3/c1-5-12-8(2)6-7-13-9(11)10(3)4/h6-7H,2,5H2,1,3-4H3. The molecule has 0 aromatic heterocycles. The summed E-state index contributed by atoms with van der Waals surface area (Å²) in [5.74, 6) is 0.467. The molecular formula is C9H15NO3. The smallest absolute Gasteiger partial charge is 0.414 e. The number of amides is 1. The third kappa shape index (κ3) is 5.78. The molecule has 0 aliphatic carbocycles. The largest absolute Gasteiger partial charge is 0.494 e. The van der Waals surface area contributed by atoms with Crippen LogP contribution in [0.4, 0.5) is 4.79 Å². The van der Waals surface area contributed by atoms with Crippen molar-refractivity contribution in [3.63, 3.8) is 0 Å². The lowest BCUT2D eigenvalue weighted by Crippen LogP contribution is -2.20. The Hall–Kier alpha value is -1.45. The molecule has 0 saturated heterocycles. The second kappa shape index (κ2) is 6.11. The Morgan fingerprint density at radius 3 is 2.62 bits per heavy atom. The highest BCUT2D eigenvalue weighted by molar-refractivity contribution is 5.67. The summed E-state index contributed by atoms with van der Waals surface area (Å²) < 4.78 is 9.68. The first-order valence-corrected chi connectivity index (χ1v) is 3.94. The molecule has 0 aliphatic heterocycles. The molecule has 1 amide bonds. The van der Waals surface area contributed by atoms with Crippen molar-refractivity contribution in [1.82, 2.24) is 4.90 Å². The van der Waals surface area contributed by atoms with Crippen molar-refractivity contribution in [1.29, 1.82) is 0 Å². The minimum absolute atomic E-state index is 0.430. The van der Waals surface area contributed by atoms with Crippen molar-refractivity contribution in [2.24, 2.45) is 0 Å². The SMILES string of the molecule is C=C(C=COC(=O)N(C)C)OCC. The monoisotopic (exact) mass is 185 g/mol. The molecule has 0 rings (SSSR count). The van der Waals surface area contributed by atoms with E-state index < -0.39 is 6.09 Å². The van der Waals surface area contributed by atoms with Crippen LogP contribution in [0.5, 0.6) is 0 Å². The molecule has 0 aromatic rings. The van der Waals surface area contributed by atoms with E-state index in [9.17, 15) is 4.79 Å². The molecule has 74 valence electrons. The van der Waals surface area contributed by atoms with Gasteiger partial charge in [-0.2, -0.15) is 0 Å². The fourth-order valence-electron chi connectivity index (χ4n) is 0.507. The van der Waals surface area contributed by atoms with Gasteiger partial charge >= 0.3 is 6.09 Å². The fraction of sp³-hybridized carbons (Fsp3) is 0.444. The van der Waals surface area contributed by atoms with E-state index in [1.54, 1.807) is 14.1 Å². The zero-order valence-electron chi connectivity index (χ0n) is 8.24. The third-order valence-electron chi connectivity index (χ3n) is 1.12. The number of hydrogen-bond acceptors (Lipinski definition) is 3. The Labute approximate surface area is 78.4 Å². The lowest BCUT2D eigenvalue weighted by atomic mass is 10.5. The predicted octanol–water partition coefficient (Wildman–Crippen LogP) is 1.75. The zero-order valence-corrected chi connectivity index (χ0v) is 8.24. The van der Waals surface area contributed by atoms with Crippen molar-refractivity contribution in [2.45, 2.75) is 6.92 Å². The molecule has 4 heteroatoms. The van der Waals surface area contributed by atoms with Gasteiger partial charge in [-0.3, -0.25) is 0 Å². The number of nitrogens with zero attached hydrogens (tertiary/aromatic N) is 1. The molecule has 0 atom stereocenters. The van der Waals surface area contributed by atoms with Gasteiger partial charge in [0.1, 0.15) is 12.0 Å². The molecule has 0 bridgehead atoms. The summed E-state index contributed by atoms with van der Waals surface area (Å²) in [4.78, 5) is 12.2. The first kappa shape index (κ1) is 11.6. The quantitative estimate of drug-likeness (QED) is 0.494. The second-order valence-electron chi connectivity index (χ2n) is 2.48. The van der Waals surface area contributed by atoms with Gasteiger partial charge in [0.25, 0.3) is 0 Å². The Kier molecular flexibility index (Phi) is 5.43. The molecule has 0 aromatic carbocycles. The third-order valence-corrected chi connectivity index (χ3v) is 1.12. The van der Waals surface area contributed by atoms with E-state index in [0.29, 0.717) is 12.4 Å². The molecule has 0 spiro atoms. The second-order valence-corrected chi connectivity index (χ2v) is 2.48.